The van der Waals surface area contributed by atoms with Crippen LogP contribution in [-0.2, 0) is 11.3 Å². The Morgan fingerprint density at radius 1 is 1.18 bits per heavy atom. The van der Waals surface area contributed by atoms with Gasteiger partial charge < -0.3 is 0 Å². The first kappa shape index (κ1) is 24.2. The molecule has 0 fully saturated rings. The number of halogens is 1. The van der Waals surface area contributed by atoms with Crippen LogP contribution in [-0.4, -0.2) is 32.0 Å². The molecule has 0 aliphatic heterocycles. The number of thioether (sulfide) groups is 1. The van der Waals surface area contributed by atoms with Gasteiger partial charge in [-0.05, 0) is 36.2 Å². The molecule has 3 aromatic rings. The van der Waals surface area contributed by atoms with E-state index in [0.29, 0.717) is 27.6 Å². The highest BCUT2D eigenvalue weighted by atomic mass is 35.5. The highest BCUT2D eigenvalue weighted by Crippen LogP contribution is 2.21. The Balaban J connectivity index is 1.68. The van der Waals surface area contributed by atoms with Crippen LogP contribution in [0, 0.1) is 16.0 Å². The fourth-order valence-electron chi connectivity index (χ4n) is 2.91. The molecule has 0 saturated heterocycles. The molecule has 10 nitrogen and oxygen atoms in total. The van der Waals surface area contributed by atoms with Crippen LogP contribution in [0.25, 0.3) is 10.9 Å². The zero-order chi connectivity index (χ0) is 24.1. The Morgan fingerprint density at radius 2 is 1.88 bits per heavy atom. The molecule has 2 N–H and O–H groups in total. The van der Waals surface area contributed by atoms with E-state index in [0.717, 1.165) is 11.8 Å². The number of non-ortho nitro benzene ring substituents is 1. The summed E-state index contributed by atoms with van der Waals surface area (Å²) in [5, 5.41) is 11.9. The van der Waals surface area contributed by atoms with Crippen LogP contribution in [0.2, 0.25) is 5.02 Å². The first-order valence-corrected chi connectivity index (χ1v) is 11.2. The minimum absolute atomic E-state index is 0.107. The summed E-state index contributed by atoms with van der Waals surface area (Å²) in [7, 11) is 0. The number of nitro benzene ring substituents is 1. The SMILES string of the molecule is CC(C)Cn1c(SCC(=O)NNC(=O)c2ccc([N+](=O)[O-])cc2)nc2ccc(Cl)cc2c1=O. The van der Waals surface area contributed by atoms with Gasteiger partial charge in [0, 0.05) is 29.3 Å². The van der Waals surface area contributed by atoms with Crippen molar-refractivity contribution in [2.24, 2.45) is 5.92 Å². The minimum Gasteiger partial charge on any atom is -0.287 e. The zero-order valence-electron chi connectivity index (χ0n) is 17.7. The van der Waals surface area contributed by atoms with E-state index in [4.69, 9.17) is 11.6 Å². The maximum atomic E-state index is 13.0. The summed E-state index contributed by atoms with van der Waals surface area (Å²) in [5.74, 6) is -1.09. The predicted octanol–water partition coefficient (Wildman–Crippen LogP) is 3.17. The summed E-state index contributed by atoms with van der Waals surface area (Å²) in [6, 6.07) is 9.80. The molecule has 2 aromatic carbocycles. The lowest BCUT2D eigenvalue weighted by Crippen LogP contribution is -2.42. The van der Waals surface area contributed by atoms with E-state index in [9.17, 15) is 24.5 Å². The second-order valence-electron chi connectivity index (χ2n) is 7.46. The lowest BCUT2D eigenvalue weighted by molar-refractivity contribution is -0.384. The first-order valence-electron chi connectivity index (χ1n) is 9.82. The molecule has 0 radical (unpaired) electrons. The average Bonchev–Trinajstić information content (AvgIpc) is 2.78. The number of rotatable bonds is 7. The molecule has 0 unspecified atom stereocenters. The Kier molecular flexibility index (Phi) is 7.67. The van der Waals surface area contributed by atoms with Gasteiger partial charge in [-0.2, -0.15) is 0 Å². The molecule has 1 heterocycles. The monoisotopic (exact) mass is 489 g/mol. The lowest BCUT2D eigenvalue weighted by Gasteiger charge is -2.15. The number of hydrazine groups is 1. The maximum Gasteiger partial charge on any atom is 0.269 e. The van der Waals surface area contributed by atoms with Crippen LogP contribution in [0.5, 0.6) is 0 Å². The number of hydrogen-bond donors (Lipinski definition) is 2. The summed E-state index contributed by atoms with van der Waals surface area (Å²) in [4.78, 5) is 52.0. The third kappa shape index (κ3) is 6.08. The Bertz CT molecular complexity index is 1280. The van der Waals surface area contributed by atoms with E-state index in [1.54, 1.807) is 18.2 Å². The first-order chi connectivity index (χ1) is 15.7. The van der Waals surface area contributed by atoms with Crippen molar-refractivity contribution in [2.75, 3.05) is 5.75 Å². The highest BCUT2D eigenvalue weighted by molar-refractivity contribution is 7.99. The van der Waals surface area contributed by atoms with Gasteiger partial charge in [0.1, 0.15) is 0 Å². The molecule has 0 spiro atoms. The van der Waals surface area contributed by atoms with Crippen LogP contribution >= 0.6 is 23.4 Å². The molecule has 0 aliphatic rings. The summed E-state index contributed by atoms with van der Waals surface area (Å²) >= 11 is 7.08. The number of carbonyl (C=O) groups excluding carboxylic acids is 2. The molecule has 2 amide bonds. The molecule has 33 heavy (non-hydrogen) atoms. The van der Waals surface area contributed by atoms with Crippen molar-refractivity contribution in [1.29, 1.82) is 0 Å². The number of amides is 2. The van der Waals surface area contributed by atoms with Crippen LogP contribution in [0.15, 0.2) is 52.4 Å². The largest absolute Gasteiger partial charge is 0.287 e. The van der Waals surface area contributed by atoms with Gasteiger partial charge in [-0.15, -0.1) is 0 Å². The number of aromatic nitrogens is 2. The van der Waals surface area contributed by atoms with Crippen molar-refractivity contribution in [1.82, 2.24) is 20.4 Å². The molecule has 3 rings (SSSR count). The molecule has 12 heteroatoms. The van der Waals surface area contributed by atoms with Gasteiger partial charge >= 0.3 is 0 Å². The number of hydrogen-bond acceptors (Lipinski definition) is 7. The number of fused-ring (bicyclic) bond motifs is 1. The minimum atomic E-state index is -0.624. The summed E-state index contributed by atoms with van der Waals surface area (Å²) in [6.45, 7) is 4.34. The van der Waals surface area contributed by atoms with E-state index >= 15 is 0 Å². The number of carbonyl (C=O) groups is 2. The topological polar surface area (TPSA) is 136 Å². The van der Waals surface area contributed by atoms with Crippen LogP contribution in [0.4, 0.5) is 5.69 Å². The Morgan fingerprint density at radius 3 is 2.52 bits per heavy atom. The fraction of sp³-hybridized carbons (Fsp3) is 0.238. The fourth-order valence-corrected chi connectivity index (χ4v) is 3.89. The van der Waals surface area contributed by atoms with Crippen molar-refractivity contribution < 1.29 is 14.5 Å². The smallest absolute Gasteiger partial charge is 0.269 e. The molecule has 0 aliphatic carbocycles. The lowest BCUT2D eigenvalue weighted by atomic mass is 10.2. The van der Waals surface area contributed by atoms with E-state index in [2.05, 4.69) is 15.8 Å². The number of nitrogens with zero attached hydrogens (tertiary/aromatic N) is 3. The van der Waals surface area contributed by atoms with Crippen molar-refractivity contribution in [2.45, 2.75) is 25.5 Å². The molecule has 1 aromatic heterocycles. The van der Waals surface area contributed by atoms with Crippen molar-refractivity contribution >= 4 is 51.8 Å². The Hall–Kier alpha value is -3.44. The number of benzene rings is 2. The number of nitro groups is 1. The van der Waals surface area contributed by atoms with Gasteiger partial charge in [-0.1, -0.05) is 37.2 Å². The second kappa shape index (κ2) is 10.5. The van der Waals surface area contributed by atoms with Gasteiger partial charge in [0.05, 0.1) is 21.6 Å². The maximum absolute atomic E-state index is 13.0. The van der Waals surface area contributed by atoms with Gasteiger partial charge in [-0.25, -0.2) is 4.98 Å². The van der Waals surface area contributed by atoms with Crippen LogP contribution < -0.4 is 16.4 Å². The average molecular weight is 490 g/mol. The van der Waals surface area contributed by atoms with Crippen molar-refractivity contribution in [3.8, 4) is 0 Å². The van der Waals surface area contributed by atoms with Crippen LogP contribution in [0.1, 0.15) is 24.2 Å². The molecule has 0 atom stereocenters. The van der Waals surface area contributed by atoms with E-state index in [1.807, 2.05) is 13.8 Å². The summed E-state index contributed by atoms with van der Waals surface area (Å²) in [6.07, 6.45) is 0. The van der Waals surface area contributed by atoms with E-state index < -0.39 is 16.7 Å². The highest BCUT2D eigenvalue weighted by Gasteiger charge is 2.16. The van der Waals surface area contributed by atoms with Gasteiger partial charge in [0.2, 0.25) is 5.91 Å². The predicted molar refractivity (Wildman–Crippen MR) is 125 cm³/mol. The Labute approximate surface area is 197 Å². The third-order valence-corrected chi connectivity index (χ3v) is 5.63. The summed E-state index contributed by atoms with van der Waals surface area (Å²) in [5.41, 5.74) is 4.76. The third-order valence-electron chi connectivity index (χ3n) is 4.42. The molecular formula is C21H20ClN5O5S. The molecular weight excluding hydrogens is 470 g/mol. The van der Waals surface area contributed by atoms with Crippen molar-refractivity contribution in [3.05, 3.63) is 73.5 Å². The zero-order valence-corrected chi connectivity index (χ0v) is 19.3. The standard InChI is InChI=1S/C21H20ClN5O5S/c1-12(2)10-26-20(30)16-9-14(22)5-8-17(16)23-21(26)33-11-18(28)24-25-19(29)13-3-6-15(7-4-13)27(31)32/h3-9,12H,10-11H2,1-2H3,(H,24,28)(H,25,29). The van der Waals surface area contributed by atoms with E-state index in [1.165, 1.54) is 28.8 Å². The van der Waals surface area contributed by atoms with Gasteiger partial charge in [0.25, 0.3) is 17.2 Å². The summed E-state index contributed by atoms with van der Waals surface area (Å²) < 4.78 is 1.51. The molecule has 0 saturated carbocycles. The molecule has 0 bridgehead atoms. The number of nitrogens with one attached hydrogen (secondary N) is 2. The van der Waals surface area contributed by atoms with Gasteiger partial charge in [0.15, 0.2) is 5.16 Å². The molecule has 172 valence electrons. The second-order valence-corrected chi connectivity index (χ2v) is 8.84. The normalized spacial score (nSPS) is 10.9. The van der Waals surface area contributed by atoms with Crippen molar-refractivity contribution in [3.63, 3.8) is 0 Å². The quantitative estimate of drug-likeness (QED) is 0.225. The van der Waals surface area contributed by atoms with Gasteiger partial charge in [-0.3, -0.25) is 39.9 Å². The van der Waals surface area contributed by atoms with Crippen LogP contribution in [0.3, 0.4) is 0 Å². The van der Waals surface area contributed by atoms with E-state index in [-0.39, 0.29) is 28.5 Å².